The Hall–Kier alpha value is -0.900. The lowest BCUT2D eigenvalue weighted by molar-refractivity contribution is 0.350. The minimum Gasteiger partial charge on any atom is -0.339 e. The van der Waals surface area contributed by atoms with Gasteiger partial charge in [0.2, 0.25) is 5.89 Å². The van der Waals surface area contributed by atoms with Crippen molar-refractivity contribution in [3.8, 4) is 0 Å². The number of nitrogens with zero attached hydrogens (tertiary/aromatic N) is 2. The van der Waals surface area contributed by atoms with Gasteiger partial charge in [-0.15, -0.1) is 0 Å². The van der Waals surface area contributed by atoms with Crippen molar-refractivity contribution < 1.29 is 4.52 Å². The molecule has 1 aliphatic carbocycles. The first-order chi connectivity index (χ1) is 7.83. The van der Waals surface area contributed by atoms with E-state index < -0.39 is 0 Å². The van der Waals surface area contributed by atoms with Crippen LogP contribution in [0, 0.1) is 0 Å². The molecule has 90 valence electrons. The largest absolute Gasteiger partial charge is 0.339 e. The average Bonchev–Trinajstić information content (AvgIpc) is 3.05. The van der Waals surface area contributed by atoms with Gasteiger partial charge < -0.3 is 9.84 Å². The van der Waals surface area contributed by atoms with Crippen LogP contribution in [0.5, 0.6) is 0 Å². The number of hydrogen-bond donors (Lipinski definition) is 1. The predicted molar refractivity (Wildman–Crippen MR) is 62.3 cm³/mol. The van der Waals surface area contributed by atoms with Gasteiger partial charge in [0, 0.05) is 18.4 Å². The van der Waals surface area contributed by atoms with Crippen molar-refractivity contribution in [3.05, 3.63) is 11.7 Å². The zero-order valence-electron chi connectivity index (χ0n) is 10.2. The van der Waals surface area contributed by atoms with Crippen LogP contribution in [0.1, 0.15) is 57.2 Å². The van der Waals surface area contributed by atoms with Crippen molar-refractivity contribution in [2.75, 3.05) is 6.54 Å². The standard InChI is InChI=1S/C12H21N3O/c1-3-7-13-10(4-2)8-11-14-12(15-16-11)9-5-6-9/h9-10,13H,3-8H2,1-2H3. The quantitative estimate of drug-likeness (QED) is 0.770. The molecule has 0 bridgehead atoms. The molecule has 1 N–H and O–H groups in total. The third kappa shape index (κ3) is 3.04. The van der Waals surface area contributed by atoms with E-state index in [4.69, 9.17) is 4.52 Å². The molecular formula is C12H21N3O. The molecule has 1 fully saturated rings. The highest BCUT2D eigenvalue weighted by Gasteiger charge is 2.28. The fourth-order valence-electron chi connectivity index (χ4n) is 1.78. The number of nitrogens with one attached hydrogen (secondary N) is 1. The first kappa shape index (κ1) is 11.6. The summed E-state index contributed by atoms with van der Waals surface area (Å²) in [5, 5.41) is 7.53. The van der Waals surface area contributed by atoms with E-state index in [-0.39, 0.29) is 0 Å². The molecule has 1 aliphatic rings. The predicted octanol–water partition coefficient (Wildman–Crippen LogP) is 2.27. The molecule has 0 aliphatic heterocycles. The van der Waals surface area contributed by atoms with Crippen molar-refractivity contribution >= 4 is 0 Å². The van der Waals surface area contributed by atoms with E-state index in [9.17, 15) is 0 Å². The normalized spacial score (nSPS) is 17.6. The van der Waals surface area contributed by atoms with E-state index in [1.54, 1.807) is 0 Å². The molecule has 1 aromatic rings. The molecule has 0 saturated heterocycles. The maximum absolute atomic E-state index is 5.28. The fraction of sp³-hybridized carbons (Fsp3) is 0.833. The van der Waals surface area contributed by atoms with Crippen LogP contribution in [0.2, 0.25) is 0 Å². The van der Waals surface area contributed by atoms with Crippen molar-refractivity contribution in [2.24, 2.45) is 0 Å². The summed E-state index contributed by atoms with van der Waals surface area (Å²) in [4.78, 5) is 4.45. The number of rotatable bonds is 7. The van der Waals surface area contributed by atoms with Crippen LogP contribution >= 0.6 is 0 Å². The second-order valence-electron chi connectivity index (χ2n) is 4.58. The van der Waals surface area contributed by atoms with E-state index in [1.807, 2.05) is 0 Å². The monoisotopic (exact) mass is 223 g/mol. The Bertz CT molecular complexity index is 320. The second kappa shape index (κ2) is 5.43. The summed E-state index contributed by atoms with van der Waals surface area (Å²) in [6.07, 6.45) is 5.57. The highest BCUT2D eigenvalue weighted by Crippen LogP contribution is 2.38. The summed E-state index contributed by atoms with van der Waals surface area (Å²) in [6, 6.07) is 0.465. The van der Waals surface area contributed by atoms with Crippen LogP contribution in [0.4, 0.5) is 0 Å². The zero-order chi connectivity index (χ0) is 11.4. The molecule has 1 saturated carbocycles. The van der Waals surface area contributed by atoms with Crippen LogP contribution in [0.25, 0.3) is 0 Å². The highest BCUT2D eigenvalue weighted by atomic mass is 16.5. The van der Waals surface area contributed by atoms with E-state index in [1.165, 1.54) is 12.8 Å². The molecule has 1 aromatic heterocycles. The van der Waals surface area contributed by atoms with Gasteiger partial charge in [0.1, 0.15) is 0 Å². The van der Waals surface area contributed by atoms with Gasteiger partial charge in [-0.25, -0.2) is 0 Å². The van der Waals surface area contributed by atoms with E-state index in [0.29, 0.717) is 12.0 Å². The maximum Gasteiger partial charge on any atom is 0.228 e. The van der Waals surface area contributed by atoms with Crippen LogP contribution in [0.3, 0.4) is 0 Å². The molecule has 4 heteroatoms. The summed E-state index contributed by atoms with van der Waals surface area (Å²) in [6.45, 7) is 5.42. The summed E-state index contributed by atoms with van der Waals surface area (Å²) in [5.41, 5.74) is 0. The van der Waals surface area contributed by atoms with Gasteiger partial charge >= 0.3 is 0 Å². The highest BCUT2D eigenvalue weighted by molar-refractivity contribution is 5.03. The fourth-order valence-corrected chi connectivity index (χ4v) is 1.78. The van der Waals surface area contributed by atoms with Crippen molar-refractivity contribution in [3.63, 3.8) is 0 Å². The lowest BCUT2D eigenvalue weighted by Gasteiger charge is -2.13. The summed E-state index contributed by atoms with van der Waals surface area (Å²) < 4.78 is 5.28. The minimum absolute atomic E-state index is 0.465. The Balaban J connectivity index is 1.85. The van der Waals surface area contributed by atoms with Gasteiger partial charge in [0.05, 0.1) is 0 Å². The van der Waals surface area contributed by atoms with Gasteiger partial charge in [-0.2, -0.15) is 4.98 Å². The Morgan fingerprint density at radius 1 is 1.44 bits per heavy atom. The molecule has 1 atom stereocenters. The van der Waals surface area contributed by atoms with E-state index in [0.717, 1.165) is 37.5 Å². The Morgan fingerprint density at radius 2 is 2.25 bits per heavy atom. The molecule has 1 heterocycles. The van der Waals surface area contributed by atoms with Crippen LogP contribution in [0.15, 0.2) is 4.52 Å². The first-order valence-corrected chi connectivity index (χ1v) is 6.39. The van der Waals surface area contributed by atoms with Crippen molar-refractivity contribution in [1.82, 2.24) is 15.5 Å². The third-order valence-electron chi connectivity index (χ3n) is 3.02. The van der Waals surface area contributed by atoms with Gasteiger partial charge in [-0.05, 0) is 32.2 Å². The molecule has 0 radical (unpaired) electrons. The van der Waals surface area contributed by atoms with Gasteiger partial charge in [0.15, 0.2) is 5.82 Å². The molecule has 16 heavy (non-hydrogen) atoms. The third-order valence-corrected chi connectivity index (χ3v) is 3.02. The zero-order valence-corrected chi connectivity index (χ0v) is 10.2. The van der Waals surface area contributed by atoms with Gasteiger partial charge in [-0.1, -0.05) is 19.0 Å². The van der Waals surface area contributed by atoms with E-state index in [2.05, 4.69) is 29.3 Å². The van der Waals surface area contributed by atoms with E-state index >= 15 is 0 Å². The number of aromatic nitrogens is 2. The lowest BCUT2D eigenvalue weighted by Crippen LogP contribution is -2.31. The Labute approximate surface area is 96.8 Å². The Morgan fingerprint density at radius 3 is 2.88 bits per heavy atom. The average molecular weight is 223 g/mol. The molecule has 0 spiro atoms. The Kier molecular flexibility index (Phi) is 3.93. The molecule has 0 amide bonds. The lowest BCUT2D eigenvalue weighted by atomic mass is 10.1. The summed E-state index contributed by atoms with van der Waals surface area (Å²) in [5.74, 6) is 2.29. The van der Waals surface area contributed by atoms with Crippen molar-refractivity contribution in [2.45, 2.75) is 57.9 Å². The van der Waals surface area contributed by atoms with Crippen LogP contribution in [-0.2, 0) is 6.42 Å². The first-order valence-electron chi connectivity index (χ1n) is 6.39. The molecule has 2 rings (SSSR count). The smallest absolute Gasteiger partial charge is 0.228 e. The van der Waals surface area contributed by atoms with Gasteiger partial charge in [0.25, 0.3) is 0 Å². The van der Waals surface area contributed by atoms with Crippen LogP contribution in [-0.4, -0.2) is 22.7 Å². The molecule has 4 nitrogen and oxygen atoms in total. The van der Waals surface area contributed by atoms with Crippen molar-refractivity contribution in [1.29, 1.82) is 0 Å². The topological polar surface area (TPSA) is 51.0 Å². The maximum atomic E-state index is 5.28. The summed E-state index contributed by atoms with van der Waals surface area (Å²) in [7, 11) is 0. The second-order valence-corrected chi connectivity index (χ2v) is 4.58. The molecule has 0 aromatic carbocycles. The number of hydrogen-bond acceptors (Lipinski definition) is 4. The molecular weight excluding hydrogens is 202 g/mol. The molecule has 1 unspecified atom stereocenters. The van der Waals surface area contributed by atoms with Crippen LogP contribution < -0.4 is 5.32 Å². The summed E-state index contributed by atoms with van der Waals surface area (Å²) >= 11 is 0. The SMILES string of the molecule is CCCNC(CC)Cc1nc(C2CC2)no1. The van der Waals surface area contributed by atoms with Gasteiger partial charge in [-0.3, -0.25) is 0 Å². The minimum atomic E-state index is 0.465.